The number of nitrogens with one attached hydrogen (secondary N) is 1. The Morgan fingerprint density at radius 3 is 3.07 bits per heavy atom. The molecule has 6 nitrogen and oxygen atoms in total. The van der Waals surface area contributed by atoms with Gasteiger partial charge in [-0.2, -0.15) is 0 Å². The van der Waals surface area contributed by atoms with Crippen molar-refractivity contribution in [2.24, 2.45) is 7.05 Å². The predicted octanol–water partition coefficient (Wildman–Crippen LogP) is -0.142. The maximum absolute atomic E-state index is 10.8. The van der Waals surface area contributed by atoms with E-state index < -0.39 is 0 Å². The lowest BCUT2D eigenvalue weighted by Crippen LogP contribution is -2.18. The van der Waals surface area contributed by atoms with Crippen molar-refractivity contribution in [2.45, 2.75) is 19.4 Å². The van der Waals surface area contributed by atoms with Gasteiger partial charge in [-0.25, -0.2) is 0 Å². The summed E-state index contributed by atoms with van der Waals surface area (Å²) in [5, 5.41) is 10.9. The standard InChI is InChI=1S/C9H16N4O2/c1-13-7-11-12-8(13)6-10-5-3-4-9(14)15-2/h7,10H,3-6H2,1-2H3. The molecule has 0 atom stereocenters. The van der Waals surface area contributed by atoms with Crippen LogP contribution in [0.25, 0.3) is 0 Å². The molecule has 84 valence electrons. The minimum Gasteiger partial charge on any atom is -0.469 e. The minimum atomic E-state index is -0.171. The van der Waals surface area contributed by atoms with Crippen LogP contribution < -0.4 is 5.32 Å². The molecule has 0 fully saturated rings. The molecule has 0 aliphatic carbocycles. The molecule has 1 aromatic heterocycles. The van der Waals surface area contributed by atoms with Crippen molar-refractivity contribution in [2.75, 3.05) is 13.7 Å². The summed E-state index contributed by atoms with van der Waals surface area (Å²) < 4.78 is 6.38. The minimum absolute atomic E-state index is 0.171. The van der Waals surface area contributed by atoms with E-state index >= 15 is 0 Å². The third kappa shape index (κ3) is 4.07. The first kappa shape index (κ1) is 11.6. The summed E-state index contributed by atoms with van der Waals surface area (Å²) in [7, 11) is 3.29. The first-order chi connectivity index (χ1) is 7.24. The van der Waals surface area contributed by atoms with Gasteiger partial charge in [-0.15, -0.1) is 10.2 Å². The summed E-state index contributed by atoms with van der Waals surface area (Å²) in [4.78, 5) is 10.8. The summed E-state index contributed by atoms with van der Waals surface area (Å²) >= 11 is 0. The van der Waals surface area contributed by atoms with Crippen molar-refractivity contribution < 1.29 is 9.53 Å². The van der Waals surface area contributed by atoms with E-state index in [0.717, 1.165) is 18.8 Å². The third-order valence-corrected chi connectivity index (χ3v) is 2.05. The first-order valence-corrected chi connectivity index (χ1v) is 4.84. The van der Waals surface area contributed by atoms with Gasteiger partial charge in [0.2, 0.25) is 0 Å². The summed E-state index contributed by atoms with van der Waals surface area (Å²) in [6.45, 7) is 1.43. The Balaban J connectivity index is 2.07. The Labute approximate surface area is 88.6 Å². The maximum Gasteiger partial charge on any atom is 0.305 e. The number of hydrogen-bond donors (Lipinski definition) is 1. The fourth-order valence-corrected chi connectivity index (χ4v) is 1.13. The van der Waals surface area contributed by atoms with E-state index in [2.05, 4.69) is 20.3 Å². The number of aryl methyl sites for hydroxylation is 1. The van der Waals surface area contributed by atoms with Gasteiger partial charge in [0.25, 0.3) is 0 Å². The molecule has 0 spiro atoms. The highest BCUT2D eigenvalue weighted by Gasteiger charge is 2.01. The number of carbonyl (C=O) groups excluding carboxylic acids is 1. The van der Waals surface area contributed by atoms with Crippen molar-refractivity contribution in [3.05, 3.63) is 12.2 Å². The normalized spacial score (nSPS) is 10.3. The zero-order chi connectivity index (χ0) is 11.1. The average Bonchev–Trinajstić information content (AvgIpc) is 2.63. The van der Waals surface area contributed by atoms with Gasteiger partial charge in [0.05, 0.1) is 13.7 Å². The number of ether oxygens (including phenoxy) is 1. The van der Waals surface area contributed by atoms with Crippen LogP contribution in [0.15, 0.2) is 6.33 Å². The molecule has 1 aromatic rings. The SMILES string of the molecule is COC(=O)CCCNCc1nncn1C. The van der Waals surface area contributed by atoms with E-state index in [-0.39, 0.29) is 5.97 Å². The molecule has 0 saturated carbocycles. The number of hydrogen-bond acceptors (Lipinski definition) is 5. The van der Waals surface area contributed by atoms with Crippen molar-refractivity contribution in [1.82, 2.24) is 20.1 Å². The highest BCUT2D eigenvalue weighted by molar-refractivity contribution is 5.68. The van der Waals surface area contributed by atoms with Crippen LogP contribution in [-0.2, 0) is 23.1 Å². The van der Waals surface area contributed by atoms with Crippen LogP contribution in [-0.4, -0.2) is 34.4 Å². The Morgan fingerprint density at radius 2 is 2.47 bits per heavy atom. The second-order valence-corrected chi connectivity index (χ2v) is 3.21. The van der Waals surface area contributed by atoms with E-state index in [9.17, 15) is 4.79 Å². The van der Waals surface area contributed by atoms with Crippen LogP contribution in [0.4, 0.5) is 0 Å². The smallest absolute Gasteiger partial charge is 0.305 e. The zero-order valence-electron chi connectivity index (χ0n) is 9.06. The van der Waals surface area contributed by atoms with Gasteiger partial charge < -0.3 is 14.6 Å². The number of methoxy groups -OCH3 is 1. The fraction of sp³-hybridized carbons (Fsp3) is 0.667. The number of rotatable bonds is 6. The molecular formula is C9H16N4O2. The molecule has 1 heterocycles. The van der Waals surface area contributed by atoms with Crippen molar-refractivity contribution in [3.8, 4) is 0 Å². The molecule has 6 heteroatoms. The van der Waals surface area contributed by atoms with Crippen molar-refractivity contribution >= 4 is 5.97 Å². The van der Waals surface area contributed by atoms with Crippen LogP contribution in [0.5, 0.6) is 0 Å². The predicted molar refractivity (Wildman–Crippen MR) is 54.0 cm³/mol. The van der Waals surface area contributed by atoms with E-state index in [0.29, 0.717) is 13.0 Å². The number of carbonyl (C=O) groups is 1. The lowest BCUT2D eigenvalue weighted by atomic mass is 10.3. The quantitative estimate of drug-likeness (QED) is 0.525. The number of nitrogens with zero attached hydrogens (tertiary/aromatic N) is 3. The fourth-order valence-electron chi connectivity index (χ4n) is 1.13. The van der Waals surface area contributed by atoms with Crippen LogP contribution >= 0.6 is 0 Å². The molecular weight excluding hydrogens is 196 g/mol. The topological polar surface area (TPSA) is 69.0 Å². The molecule has 1 N–H and O–H groups in total. The lowest BCUT2D eigenvalue weighted by molar-refractivity contribution is -0.140. The molecule has 15 heavy (non-hydrogen) atoms. The molecule has 0 bridgehead atoms. The van der Waals surface area contributed by atoms with Gasteiger partial charge in [0, 0.05) is 13.5 Å². The van der Waals surface area contributed by atoms with Crippen molar-refractivity contribution in [3.63, 3.8) is 0 Å². The van der Waals surface area contributed by atoms with Crippen LogP contribution in [0.3, 0.4) is 0 Å². The molecule has 0 aliphatic rings. The monoisotopic (exact) mass is 212 g/mol. The van der Waals surface area contributed by atoms with Gasteiger partial charge in [0.1, 0.15) is 12.2 Å². The summed E-state index contributed by atoms with van der Waals surface area (Å²) in [5.41, 5.74) is 0. The number of esters is 1. The number of aromatic nitrogens is 3. The van der Waals surface area contributed by atoms with Gasteiger partial charge in [0.15, 0.2) is 0 Å². The largest absolute Gasteiger partial charge is 0.469 e. The van der Waals surface area contributed by atoms with Gasteiger partial charge in [-0.1, -0.05) is 0 Å². The molecule has 0 aliphatic heterocycles. The van der Waals surface area contributed by atoms with Crippen LogP contribution in [0, 0.1) is 0 Å². The highest BCUT2D eigenvalue weighted by atomic mass is 16.5. The third-order valence-electron chi connectivity index (χ3n) is 2.05. The Hall–Kier alpha value is -1.43. The summed E-state index contributed by atoms with van der Waals surface area (Å²) in [5.74, 6) is 0.712. The first-order valence-electron chi connectivity index (χ1n) is 4.84. The van der Waals surface area contributed by atoms with E-state index in [1.54, 1.807) is 6.33 Å². The van der Waals surface area contributed by atoms with E-state index in [1.165, 1.54) is 7.11 Å². The second-order valence-electron chi connectivity index (χ2n) is 3.21. The van der Waals surface area contributed by atoms with Crippen molar-refractivity contribution in [1.29, 1.82) is 0 Å². The molecule has 0 amide bonds. The zero-order valence-corrected chi connectivity index (χ0v) is 9.06. The Morgan fingerprint density at radius 1 is 1.67 bits per heavy atom. The molecule has 0 unspecified atom stereocenters. The highest BCUT2D eigenvalue weighted by Crippen LogP contribution is 1.92. The molecule has 0 saturated heterocycles. The molecule has 1 rings (SSSR count). The van der Waals surface area contributed by atoms with E-state index in [4.69, 9.17) is 0 Å². The van der Waals surface area contributed by atoms with Gasteiger partial charge >= 0.3 is 5.97 Å². The van der Waals surface area contributed by atoms with Crippen LogP contribution in [0.1, 0.15) is 18.7 Å². The maximum atomic E-state index is 10.8. The molecule has 0 aromatic carbocycles. The Bertz CT molecular complexity index is 311. The summed E-state index contributed by atoms with van der Waals surface area (Å²) in [6.07, 6.45) is 2.87. The average molecular weight is 212 g/mol. The lowest BCUT2D eigenvalue weighted by Gasteiger charge is -2.03. The van der Waals surface area contributed by atoms with Gasteiger partial charge in [-0.05, 0) is 13.0 Å². The summed E-state index contributed by atoms with van der Waals surface area (Å²) in [6, 6.07) is 0. The van der Waals surface area contributed by atoms with Crippen LogP contribution in [0.2, 0.25) is 0 Å². The Kier molecular flexibility index (Phi) is 4.76. The molecule has 0 radical (unpaired) electrons. The van der Waals surface area contributed by atoms with Gasteiger partial charge in [-0.3, -0.25) is 4.79 Å². The second kappa shape index (κ2) is 6.13. The van der Waals surface area contributed by atoms with E-state index in [1.807, 2.05) is 11.6 Å².